The largest absolute Gasteiger partial charge is 2.00 e. The first-order valence-electron chi connectivity index (χ1n) is 6.43. The number of fused-ring (bicyclic) bond motifs is 2. The third kappa shape index (κ3) is 4.07. The molecule has 0 radical (unpaired) electrons. The Labute approximate surface area is 164 Å². The first-order valence-corrected chi connectivity index (χ1v) is 7.97. The van der Waals surface area contributed by atoms with Crippen molar-refractivity contribution in [2.45, 2.75) is 0 Å². The molecule has 4 rings (SSSR count). The van der Waals surface area contributed by atoms with Gasteiger partial charge in [-0.05, 0) is 35.2 Å². The summed E-state index contributed by atoms with van der Waals surface area (Å²) in [6, 6.07) is 9.63. The Morgan fingerprint density at radius 2 is 1.16 bits per heavy atom. The summed E-state index contributed by atoms with van der Waals surface area (Å²) in [4.78, 5) is 21.1. The van der Waals surface area contributed by atoms with Gasteiger partial charge in [-0.15, -0.1) is 10.2 Å². The number of benzene rings is 2. The van der Waals surface area contributed by atoms with Crippen molar-refractivity contribution < 1.29 is 19.8 Å². The van der Waals surface area contributed by atoms with Crippen LogP contribution in [0.25, 0.3) is 20.4 Å². The number of carboxylic acids is 2. The van der Waals surface area contributed by atoms with E-state index in [9.17, 15) is 19.8 Å². The van der Waals surface area contributed by atoms with Gasteiger partial charge in [0.05, 0.1) is 21.3 Å². The maximum atomic E-state index is 10.6. The molecule has 0 fully saturated rings. The maximum Gasteiger partial charge on any atom is 2.00 e. The molecule has 0 unspecified atom stereocenters. The van der Waals surface area contributed by atoms with Crippen molar-refractivity contribution in [3.05, 3.63) is 47.5 Å². The second-order valence-corrected chi connectivity index (χ2v) is 5.94. The fourth-order valence-electron chi connectivity index (χ4n) is 1.93. The van der Waals surface area contributed by atoms with E-state index in [0.29, 0.717) is 20.4 Å². The van der Waals surface area contributed by atoms with Crippen molar-refractivity contribution in [3.63, 3.8) is 0 Å². The van der Waals surface area contributed by atoms with Gasteiger partial charge in [-0.2, -0.15) is 0 Å². The van der Waals surface area contributed by atoms with Gasteiger partial charge in [-0.1, -0.05) is 33.2 Å². The maximum absolute atomic E-state index is 10.6. The SMILES string of the molecule is O=C([O-])c1cccc2nnsc12.O=C([O-])c1cccc2nnsc12.[Mg+2]. The smallest absolute Gasteiger partial charge is 0.545 e. The zero-order chi connectivity index (χ0) is 17.1. The van der Waals surface area contributed by atoms with Gasteiger partial charge in [-0.25, -0.2) is 0 Å². The number of rotatable bonds is 2. The van der Waals surface area contributed by atoms with E-state index in [1.165, 1.54) is 12.1 Å². The van der Waals surface area contributed by atoms with Crippen LogP contribution in [0.1, 0.15) is 20.7 Å². The van der Waals surface area contributed by atoms with Crippen molar-refractivity contribution in [2.75, 3.05) is 0 Å². The summed E-state index contributed by atoms with van der Waals surface area (Å²) >= 11 is 2.12. The summed E-state index contributed by atoms with van der Waals surface area (Å²) in [7, 11) is 0. The number of carboxylic acid groups (broad SMARTS) is 2. The number of hydrogen-bond acceptors (Lipinski definition) is 10. The molecular weight excluding hydrogens is 377 g/mol. The van der Waals surface area contributed by atoms with Gasteiger partial charge in [0, 0.05) is 11.1 Å². The molecule has 2 aromatic heterocycles. The molecule has 2 aromatic carbocycles. The molecule has 8 nitrogen and oxygen atoms in total. The minimum absolute atomic E-state index is 0. The molecule has 120 valence electrons. The van der Waals surface area contributed by atoms with E-state index < -0.39 is 11.9 Å². The summed E-state index contributed by atoms with van der Waals surface area (Å²) in [5, 5.41) is 28.6. The summed E-state index contributed by atoms with van der Waals surface area (Å²) in [6.07, 6.45) is 0. The second kappa shape index (κ2) is 8.25. The molecule has 4 aromatic rings. The molecule has 0 saturated carbocycles. The van der Waals surface area contributed by atoms with Gasteiger partial charge in [-0.3, -0.25) is 0 Å². The minimum atomic E-state index is -1.19. The molecule has 0 saturated heterocycles. The predicted octanol–water partition coefficient (Wildman–Crippen LogP) is -0.271. The van der Waals surface area contributed by atoms with Crippen LogP contribution in [0.2, 0.25) is 0 Å². The summed E-state index contributed by atoms with van der Waals surface area (Å²) in [5.74, 6) is -2.38. The Kier molecular flexibility index (Phi) is 6.31. The first kappa shape index (κ1) is 19.1. The Bertz CT molecular complexity index is 965. The van der Waals surface area contributed by atoms with E-state index in [4.69, 9.17) is 0 Å². The van der Waals surface area contributed by atoms with Gasteiger partial charge < -0.3 is 19.8 Å². The monoisotopic (exact) mass is 382 g/mol. The number of aromatic nitrogens is 4. The average Bonchev–Trinajstić information content (AvgIpc) is 3.23. The van der Waals surface area contributed by atoms with Gasteiger partial charge in [0.25, 0.3) is 0 Å². The van der Waals surface area contributed by atoms with Gasteiger partial charge in [0.1, 0.15) is 11.0 Å². The molecule has 0 amide bonds. The van der Waals surface area contributed by atoms with E-state index in [-0.39, 0.29) is 34.2 Å². The summed E-state index contributed by atoms with van der Waals surface area (Å²) in [6.45, 7) is 0. The summed E-state index contributed by atoms with van der Waals surface area (Å²) < 4.78 is 8.42. The number of carbonyl (C=O) groups excluding carboxylic acids is 2. The van der Waals surface area contributed by atoms with Gasteiger partial charge in [0.15, 0.2) is 0 Å². The first-order chi connectivity index (χ1) is 11.6. The van der Waals surface area contributed by atoms with Gasteiger partial charge >= 0.3 is 23.1 Å². The molecule has 0 bridgehead atoms. The number of nitrogens with zero attached hydrogens (tertiary/aromatic N) is 4. The molecule has 0 N–H and O–H groups in total. The number of aromatic carboxylic acids is 2. The van der Waals surface area contributed by atoms with E-state index >= 15 is 0 Å². The van der Waals surface area contributed by atoms with Crippen molar-refractivity contribution >= 4 is 78.5 Å². The molecule has 2 heterocycles. The second-order valence-electron chi connectivity index (χ2n) is 4.43. The van der Waals surface area contributed by atoms with Crippen LogP contribution in [-0.4, -0.2) is 54.2 Å². The van der Waals surface area contributed by atoms with E-state index in [1.807, 2.05) is 0 Å². The molecule has 0 atom stereocenters. The van der Waals surface area contributed by atoms with Crippen LogP contribution < -0.4 is 10.2 Å². The van der Waals surface area contributed by atoms with Crippen molar-refractivity contribution in [1.29, 1.82) is 0 Å². The predicted molar refractivity (Wildman–Crippen MR) is 89.2 cm³/mol. The fraction of sp³-hybridized carbons (Fsp3) is 0. The number of carbonyl (C=O) groups is 2. The topological polar surface area (TPSA) is 132 Å². The van der Waals surface area contributed by atoms with Crippen LogP contribution in [0.4, 0.5) is 0 Å². The summed E-state index contributed by atoms with van der Waals surface area (Å²) in [5.41, 5.74) is 1.51. The van der Waals surface area contributed by atoms with E-state index in [1.54, 1.807) is 24.3 Å². The Morgan fingerprint density at radius 1 is 0.760 bits per heavy atom. The average molecular weight is 383 g/mol. The molecule has 25 heavy (non-hydrogen) atoms. The third-order valence-electron chi connectivity index (χ3n) is 2.99. The molecule has 0 aliphatic carbocycles. The Hall–Kier alpha value is -2.21. The van der Waals surface area contributed by atoms with Crippen LogP contribution in [0.15, 0.2) is 36.4 Å². The molecule has 0 aliphatic heterocycles. The third-order valence-corrected chi connectivity index (χ3v) is 4.54. The van der Waals surface area contributed by atoms with Crippen LogP contribution >= 0.6 is 23.1 Å². The van der Waals surface area contributed by atoms with Gasteiger partial charge in [0.2, 0.25) is 0 Å². The Morgan fingerprint density at radius 3 is 1.52 bits per heavy atom. The molecule has 0 aliphatic rings. The normalized spacial score (nSPS) is 9.92. The van der Waals surface area contributed by atoms with Crippen molar-refractivity contribution in [3.8, 4) is 0 Å². The molecular formula is C14H6MgN4O4S2. The van der Waals surface area contributed by atoms with E-state index in [0.717, 1.165) is 23.1 Å². The van der Waals surface area contributed by atoms with Crippen LogP contribution in [-0.2, 0) is 0 Å². The van der Waals surface area contributed by atoms with E-state index in [2.05, 4.69) is 19.2 Å². The zero-order valence-electron chi connectivity index (χ0n) is 12.4. The fourth-order valence-corrected chi connectivity index (χ4v) is 3.26. The standard InChI is InChI=1S/2C7H4N2O2S.Mg/c2*10-7(11)4-2-1-3-5-6(4)12-9-8-5;/h2*1-3H,(H,10,11);/q;;+2/p-2. The van der Waals surface area contributed by atoms with Crippen LogP contribution in [0.3, 0.4) is 0 Å². The van der Waals surface area contributed by atoms with Crippen molar-refractivity contribution in [2.24, 2.45) is 0 Å². The quantitative estimate of drug-likeness (QED) is 0.433. The van der Waals surface area contributed by atoms with Crippen molar-refractivity contribution in [1.82, 2.24) is 19.2 Å². The Balaban J connectivity index is 0.000000173. The van der Waals surface area contributed by atoms with Crippen LogP contribution in [0.5, 0.6) is 0 Å². The minimum Gasteiger partial charge on any atom is -0.545 e. The number of hydrogen-bond donors (Lipinski definition) is 0. The zero-order valence-corrected chi connectivity index (χ0v) is 15.5. The molecule has 0 spiro atoms. The molecule has 11 heteroatoms. The van der Waals surface area contributed by atoms with Crippen LogP contribution in [0, 0.1) is 0 Å².